The summed E-state index contributed by atoms with van der Waals surface area (Å²) in [4.78, 5) is 0. The SMILES string of the molecule is CC1(C)CCCC1C1OC=C(N)O1. The molecule has 3 nitrogen and oxygen atoms in total. The summed E-state index contributed by atoms with van der Waals surface area (Å²) < 4.78 is 10.8. The van der Waals surface area contributed by atoms with Gasteiger partial charge in [-0.05, 0) is 18.3 Å². The molecule has 13 heavy (non-hydrogen) atoms. The van der Waals surface area contributed by atoms with Crippen LogP contribution in [-0.4, -0.2) is 6.29 Å². The molecular formula is C10H17NO2. The number of rotatable bonds is 1. The van der Waals surface area contributed by atoms with E-state index in [4.69, 9.17) is 15.2 Å². The van der Waals surface area contributed by atoms with Gasteiger partial charge in [-0.1, -0.05) is 20.3 Å². The average molecular weight is 183 g/mol. The molecule has 1 aliphatic carbocycles. The minimum atomic E-state index is -0.141. The van der Waals surface area contributed by atoms with Crippen LogP contribution in [0.1, 0.15) is 33.1 Å². The number of hydrogen-bond donors (Lipinski definition) is 1. The first-order valence-electron chi connectivity index (χ1n) is 4.87. The smallest absolute Gasteiger partial charge is 0.245 e. The Morgan fingerprint density at radius 3 is 2.77 bits per heavy atom. The van der Waals surface area contributed by atoms with Crippen LogP contribution in [0.2, 0.25) is 0 Å². The van der Waals surface area contributed by atoms with Crippen molar-refractivity contribution in [1.29, 1.82) is 0 Å². The number of nitrogens with two attached hydrogens (primary N) is 1. The molecule has 1 saturated carbocycles. The van der Waals surface area contributed by atoms with E-state index in [1.54, 1.807) is 0 Å². The summed E-state index contributed by atoms with van der Waals surface area (Å²) in [5.74, 6) is 0.887. The van der Waals surface area contributed by atoms with Crippen LogP contribution in [0, 0.1) is 11.3 Å². The molecule has 0 spiro atoms. The van der Waals surface area contributed by atoms with Gasteiger partial charge in [0.15, 0.2) is 0 Å². The monoisotopic (exact) mass is 183 g/mol. The molecule has 0 bridgehead atoms. The van der Waals surface area contributed by atoms with Crippen molar-refractivity contribution in [1.82, 2.24) is 0 Å². The number of hydrogen-bond acceptors (Lipinski definition) is 3. The number of ether oxygens (including phenoxy) is 2. The van der Waals surface area contributed by atoms with Crippen molar-refractivity contribution in [2.24, 2.45) is 17.1 Å². The molecule has 0 aromatic rings. The van der Waals surface area contributed by atoms with Crippen LogP contribution in [0.25, 0.3) is 0 Å². The Morgan fingerprint density at radius 1 is 1.54 bits per heavy atom. The van der Waals surface area contributed by atoms with E-state index in [0.717, 1.165) is 0 Å². The van der Waals surface area contributed by atoms with E-state index in [1.165, 1.54) is 25.5 Å². The van der Waals surface area contributed by atoms with E-state index in [2.05, 4.69) is 13.8 Å². The first-order valence-corrected chi connectivity index (χ1v) is 4.87. The lowest BCUT2D eigenvalue weighted by atomic mass is 9.81. The molecule has 3 heteroatoms. The second-order valence-corrected chi connectivity index (χ2v) is 4.63. The maximum Gasteiger partial charge on any atom is 0.245 e. The van der Waals surface area contributed by atoms with Crippen LogP contribution < -0.4 is 5.73 Å². The fourth-order valence-electron chi connectivity index (χ4n) is 2.36. The zero-order valence-electron chi connectivity index (χ0n) is 8.25. The van der Waals surface area contributed by atoms with Gasteiger partial charge in [-0.2, -0.15) is 0 Å². The molecule has 2 rings (SSSR count). The van der Waals surface area contributed by atoms with Crippen molar-refractivity contribution >= 4 is 0 Å². The Labute approximate surface area is 78.9 Å². The lowest BCUT2D eigenvalue weighted by Crippen LogP contribution is -2.31. The third-order valence-electron chi connectivity index (χ3n) is 3.24. The third-order valence-corrected chi connectivity index (χ3v) is 3.24. The molecule has 0 aromatic carbocycles. The van der Waals surface area contributed by atoms with Crippen molar-refractivity contribution in [3.8, 4) is 0 Å². The highest BCUT2D eigenvalue weighted by molar-refractivity contribution is 4.93. The Bertz CT molecular complexity index is 235. The Morgan fingerprint density at radius 2 is 2.31 bits per heavy atom. The molecular weight excluding hydrogens is 166 g/mol. The zero-order chi connectivity index (χ0) is 9.47. The molecule has 0 radical (unpaired) electrons. The molecule has 2 atom stereocenters. The summed E-state index contributed by atoms with van der Waals surface area (Å²) in [6, 6.07) is 0. The van der Waals surface area contributed by atoms with Gasteiger partial charge in [0.25, 0.3) is 0 Å². The van der Waals surface area contributed by atoms with Crippen LogP contribution in [0.15, 0.2) is 12.1 Å². The van der Waals surface area contributed by atoms with E-state index in [9.17, 15) is 0 Å². The molecule has 2 aliphatic rings. The summed E-state index contributed by atoms with van der Waals surface area (Å²) >= 11 is 0. The van der Waals surface area contributed by atoms with Crippen LogP contribution in [0.4, 0.5) is 0 Å². The minimum Gasteiger partial charge on any atom is -0.457 e. The topological polar surface area (TPSA) is 44.5 Å². The Kier molecular flexibility index (Phi) is 1.90. The molecule has 1 fully saturated rings. The summed E-state index contributed by atoms with van der Waals surface area (Å²) in [6.07, 6.45) is 5.07. The van der Waals surface area contributed by atoms with Gasteiger partial charge in [0.1, 0.15) is 6.26 Å². The largest absolute Gasteiger partial charge is 0.457 e. The van der Waals surface area contributed by atoms with Crippen LogP contribution >= 0.6 is 0 Å². The molecule has 1 heterocycles. The van der Waals surface area contributed by atoms with Gasteiger partial charge in [-0.25, -0.2) is 0 Å². The molecule has 1 aliphatic heterocycles. The van der Waals surface area contributed by atoms with E-state index >= 15 is 0 Å². The van der Waals surface area contributed by atoms with Crippen LogP contribution in [0.3, 0.4) is 0 Å². The zero-order valence-corrected chi connectivity index (χ0v) is 8.25. The fraction of sp³-hybridized carbons (Fsp3) is 0.800. The summed E-state index contributed by atoms with van der Waals surface area (Å²) in [5, 5.41) is 0. The molecule has 0 amide bonds. The molecule has 2 N–H and O–H groups in total. The van der Waals surface area contributed by atoms with Gasteiger partial charge in [0.2, 0.25) is 12.2 Å². The second-order valence-electron chi connectivity index (χ2n) is 4.63. The lowest BCUT2D eigenvalue weighted by molar-refractivity contribution is -0.0991. The maximum absolute atomic E-state index is 5.50. The van der Waals surface area contributed by atoms with Crippen LogP contribution in [-0.2, 0) is 9.47 Å². The highest BCUT2D eigenvalue weighted by Gasteiger charge is 2.43. The average Bonchev–Trinajstić information content (AvgIpc) is 2.56. The van der Waals surface area contributed by atoms with Crippen molar-refractivity contribution < 1.29 is 9.47 Å². The predicted octanol–water partition coefficient (Wildman–Crippen LogP) is 1.94. The molecule has 2 unspecified atom stereocenters. The first kappa shape index (κ1) is 8.73. The van der Waals surface area contributed by atoms with Gasteiger partial charge < -0.3 is 15.2 Å². The van der Waals surface area contributed by atoms with Gasteiger partial charge in [-0.3, -0.25) is 0 Å². The molecule has 74 valence electrons. The maximum atomic E-state index is 5.50. The Hall–Kier alpha value is -0.860. The molecule has 0 saturated heterocycles. The highest BCUT2D eigenvalue weighted by Crippen LogP contribution is 2.46. The minimum absolute atomic E-state index is 0.141. The van der Waals surface area contributed by atoms with Crippen molar-refractivity contribution in [3.05, 3.63) is 12.1 Å². The summed E-state index contributed by atoms with van der Waals surface area (Å²) in [7, 11) is 0. The van der Waals surface area contributed by atoms with Crippen molar-refractivity contribution in [3.63, 3.8) is 0 Å². The van der Waals surface area contributed by atoms with Crippen LogP contribution in [0.5, 0.6) is 0 Å². The first-order chi connectivity index (χ1) is 6.09. The standard InChI is InChI=1S/C10H17NO2/c1-10(2)5-3-4-7(10)9-12-6-8(11)13-9/h6-7,9H,3-5,11H2,1-2H3. The van der Waals surface area contributed by atoms with E-state index in [1.807, 2.05) is 0 Å². The van der Waals surface area contributed by atoms with Crippen molar-refractivity contribution in [2.75, 3.05) is 0 Å². The summed E-state index contributed by atoms with van der Waals surface area (Å²) in [6.45, 7) is 4.54. The normalized spacial score (nSPS) is 36.6. The highest BCUT2D eigenvalue weighted by atomic mass is 16.7. The Balaban J connectivity index is 2.02. The fourth-order valence-corrected chi connectivity index (χ4v) is 2.36. The summed E-state index contributed by atoms with van der Waals surface area (Å²) in [5.41, 5.74) is 5.82. The van der Waals surface area contributed by atoms with E-state index < -0.39 is 0 Å². The van der Waals surface area contributed by atoms with Gasteiger partial charge in [0, 0.05) is 5.92 Å². The van der Waals surface area contributed by atoms with Gasteiger partial charge in [-0.15, -0.1) is 0 Å². The third kappa shape index (κ3) is 1.47. The molecule has 0 aromatic heterocycles. The van der Waals surface area contributed by atoms with Gasteiger partial charge >= 0.3 is 0 Å². The van der Waals surface area contributed by atoms with Crippen molar-refractivity contribution in [2.45, 2.75) is 39.4 Å². The van der Waals surface area contributed by atoms with Gasteiger partial charge in [0.05, 0.1) is 0 Å². The van der Waals surface area contributed by atoms with E-state index in [0.29, 0.717) is 17.2 Å². The van der Waals surface area contributed by atoms with E-state index in [-0.39, 0.29) is 6.29 Å². The lowest BCUT2D eigenvalue weighted by Gasteiger charge is -2.30. The quantitative estimate of drug-likeness (QED) is 0.675. The predicted molar refractivity (Wildman–Crippen MR) is 49.4 cm³/mol. The second kappa shape index (κ2) is 2.82.